The Balaban J connectivity index is 1.78. The minimum Gasteiger partial charge on any atom is -0.487 e. The van der Waals surface area contributed by atoms with Gasteiger partial charge in [0.05, 0.1) is 12.8 Å². The molecule has 0 aliphatic rings. The molecule has 31 heavy (non-hydrogen) atoms. The van der Waals surface area contributed by atoms with Crippen molar-refractivity contribution in [2.75, 3.05) is 5.32 Å². The number of carbonyl (C=O) groups is 1. The van der Waals surface area contributed by atoms with E-state index in [2.05, 4.69) is 50.5 Å². The second-order valence-corrected chi connectivity index (χ2v) is 9.09. The first-order valence-electron chi connectivity index (χ1n) is 8.91. The van der Waals surface area contributed by atoms with Crippen LogP contribution in [0.2, 0.25) is 5.02 Å². The van der Waals surface area contributed by atoms with Crippen molar-refractivity contribution in [2.45, 2.75) is 6.61 Å². The Bertz CT molecular complexity index is 1170. The molecule has 3 aromatic carbocycles. The van der Waals surface area contributed by atoms with Crippen LogP contribution in [0.5, 0.6) is 5.75 Å². The van der Waals surface area contributed by atoms with Crippen LogP contribution in [0.15, 0.2) is 66.2 Å². The van der Waals surface area contributed by atoms with E-state index in [1.165, 1.54) is 24.3 Å². The summed E-state index contributed by atoms with van der Waals surface area (Å²) in [6.07, 6.45) is 1.46. The van der Waals surface area contributed by atoms with Gasteiger partial charge in [0, 0.05) is 5.02 Å². The van der Waals surface area contributed by atoms with Crippen molar-refractivity contribution in [1.29, 1.82) is 5.26 Å². The molecule has 3 rings (SSSR count). The van der Waals surface area contributed by atoms with Gasteiger partial charge in [0.1, 0.15) is 29.8 Å². The van der Waals surface area contributed by atoms with Gasteiger partial charge in [-0.3, -0.25) is 4.79 Å². The quantitative estimate of drug-likeness (QED) is 0.180. The molecule has 0 aliphatic carbocycles. The maximum Gasteiger partial charge on any atom is 0.266 e. The minimum absolute atomic E-state index is 0.0174. The predicted octanol–water partition coefficient (Wildman–Crippen LogP) is 6.81. The maximum absolute atomic E-state index is 13.8. The van der Waals surface area contributed by atoms with Gasteiger partial charge in [-0.05, 0) is 98.8 Å². The zero-order chi connectivity index (χ0) is 22.4. The molecule has 1 N–H and O–H groups in total. The van der Waals surface area contributed by atoms with Crippen LogP contribution < -0.4 is 10.1 Å². The summed E-state index contributed by atoms with van der Waals surface area (Å²) in [5.74, 6) is -0.539. The van der Waals surface area contributed by atoms with Gasteiger partial charge in [0.15, 0.2) is 0 Å². The fraction of sp³-hybridized carbons (Fsp3) is 0.0435. The van der Waals surface area contributed by atoms with Crippen molar-refractivity contribution < 1.29 is 13.9 Å². The molecule has 156 valence electrons. The van der Waals surface area contributed by atoms with E-state index < -0.39 is 11.7 Å². The van der Waals surface area contributed by atoms with E-state index in [0.717, 1.165) is 12.7 Å². The van der Waals surface area contributed by atoms with Crippen LogP contribution in [0.25, 0.3) is 6.08 Å². The molecule has 3 aromatic rings. The summed E-state index contributed by atoms with van der Waals surface area (Å²) >= 11 is 10.2. The van der Waals surface area contributed by atoms with Crippen LogP contribution >= 0.6 is 56.8 Å². The minimum atomic E-state index is -0.680. The number of ether oxygens (including phenoxy) is 1. The lowest BCUT2D eigenvalue weighted by Crippen LogP contribution is -2.14. The van der Waals surface area contributed by atoms with E-state index in [1.54, 1.807) is 18.2 Å². The van der Waals surface area contributed by atoms with Gasteiger partial charge in [-0.1, -0.05) is 35.9 Å². The van der Waals surface area contributed by atoms with E-state index in [9.17, 15) is 14.4 Å². The number of nitrogens with zero attached hydrogens (tertiary/aromatic N) is 1. The highest BCUT2D eigenvalue weighted by atomic mass is 127. The monoisotopic (exact) mass is 658 g/mol. The summed E-state index contributed by atoms with van der Waals surface area (Å²) in [7, 11) is 0. The zero-order valence-electron chi connectivity index (χ0n) is 15.8. The summed E-state index contributed by atoms with van der Waals surface area (Å²) in [6.45, 7) is 0.382. The molecule has 0 saturated heterocycles. The summed E-state index contributed by atoms with van der Waals surface area (Å²) in [5.41, 5.74) is 1.53. The van der Waals surface area contributed by atoms with Gasteiger partial charge < -0.3 is 10.1 Å². The average molecular weight is 659 g/mol. The van der Waals surface area contributed by atoms with Crippen LogP contribution in [-0.2, 0) is 11.4 Å². The number of hydrogen-bond donors (Lipinski definition) is 1. The van der Waals surface area contributed by atoms with E-state index in [1.807, 2.05) is 30.3 Å². The third kappa shape index (κ3) is 6.41. The largest absolute Gasteiger partial charge is 0.487 e. The SMILES string of the molecule is N#C/C(=C/c1cc(I)c(OCc2ccc(Cl)cc2)c(I)c1)C(=O)Nc1ccccc1F. The van der Waals surface area contributed by atoms with E-state index in [0.29, 0.717) is 22.9 Å². The third-order valence-corrected chi connectivity index (χ3v) is 5.97. The van der Waals surface area contributed by atoms with Crippen molar-refractivity contribution in [1.82, 2.24) is 0 Å². The molecule has 0 saturated carbocycles. The first-order chi connectivity index (χ1) is 14.9. The van der Waals surface area contributed by atoms with Crippen molar-refractivity contribution >= 4 is 74.5 Å². The number of rotatable bonds is 6. The van der Waals surface area contributed by atoms with Gasteiger partial charge in [0.2, 0.25) is 0 Å². The van der Waals surface area contributed by atoms with Gasteiger partial charge in [-0.25, -0.2) is 4.39 Å². The average Bonchev–Trinajstić information content (AvgIpc) is 2.74. The Labute approximate surface area is 211 Å². The standard InChI is InChI=1S/C23H14ClFI2N2O2/c24-17-7-5-14(6-8-17)13-31-22-19(26)10-15(11-20(22)27)9-16(12-28)23(30)29-21-4-2-1-3-18(21)25/h1-11H,13H2,(H,29,30)/b16-9-. The molecule has 8 heteroatoms. The number of nitriles is 1. The fourth-order valence-corrected chi connectivity index (χ4v) is 4.86. The lowest BCUT2D eigenvalue weighted by atomic mass is 10.1. The number of para-hydroxylation sites is 1. The second kappa shape index (κ2) is 10.9. The highest BCUT2D eigenvalue weighted by Gasteiger charge is 2.14. The van der Waals surface area contributed by atoms with Gasteiger partial charge in [0.25, 0.3) is 5.91 Å². The van der Waals surface area contributed by atoms with E-state index in [-0.39, 0.29) is 11.3 Å². The number of hydrogen-bond acceptors (Lipinski definition) is 3. The molecule has 4 nitrogen and oxygen atoms in total. The maximum atomic E-state index is 13.8. The van der Waals surface area contributed by atoms with Crippen LogP contribution in [0.1, 0.15) is 11.1 Å². The molecule has 0 bridgehead atoms. The summed E-state index contributed by atoms with van der Waals surface area (Å²) in [5, 5.41) is 12.5. The highest BCUT2D eigenvalue weighted by Crippen LogP contribution is 2.30. The first kappa shape index (κ1) is 23.5. The molecular weight excluding hydrogens is 645 g/mol. The van der Waals surface area contributed by atoms with Gasteiger partial charge >= 0.3 is 0 Å². The molecule has 0 aliphatic heterocycles. The normalized spacial score (nSPS) is 11.0. The van der Waals surface area contributed by atoms with Crippen LogP contribution in [0, 0.1) is 24.3 Å². The van der Waals surface area contributed by atoms with Crippen molar-refractivity contribution in [3.8, 4) is 11.8 Å². The Hall–Kier alpha value is -2.16. The number of anilines is 1. The van der Waals surface area contributed by atoms with Crippen molar-refractivity contribution in [2.24, 2.45) is 0 Å². The Morgan fingerprint density at radius 3 is 2.39 bits per heavy atom. The topological polar surface area (TPSA) is 62.1 Å². The number of amides is 1. The van der Waals surface area contributed by atoms with E-state index >= 15 is 0 Å². The Kier molecular flexibility index (Phi) is 8.28. The third-order valence-electron chi connectivity index (χ3n) is 4.12. The lowest BCUT2D eigenvalue weighted by molar-refractivity contribution is -0.112. The molecule has 0 spiro atoms. The van der Waals surface area contributed by atoms with Crippen LogP contribution in [0.3, 0.4) is 0 Å². The first-order valence-corrected chi connectivity index (χ1v) is 11.4. The highest BCUT2D eigenvalue weighted by molar-refractivity contribution is 14.1. The van der Waals surface area contributed by atoms with Gasteiger partial charge in [-0.15, -0.1) is 0 Å². The van der Waals surface area contributed by atoms with E-state index in [4.69, 9.17) is 16.3 Å². The lowest BCUT2D eigenvalue weighted by Gasteiger charge is -2.12. The van der Waals surface area contributed by atoms with Gasteiger partial charge in [-0.2, -0.15) is 5.26 Å². The smallest absolute Gasteiger partial charge is 0.266 e. The van der Waals surface area contributed by atoms with Crippen LogP contribution in [-0.4, -0.2) is 5.91 Å². The molecule has 0 heterocycles. The number of halogens is 4. The number of carbonyl (C=O) groups excluding carboxylic acids is 1. The Morgan fingerprint density at radius 2 is 1.77 bits per heavy atom. The predicted molar refractivity (Wildman–Crippen MR) is 136 cm³/mol. The molecular formula is C23H14ClFI2N2O2. The van der Waals surface area contributed by atoms with Crippen LogP contribution in [0.4, 0.5) is 10.1 Å². The molecule has 0 aromatic heterocycles. The summed E-state index contributed by atoms with van der Waals surface area (Å²) in [4.78, 5) is 12.4. The number of benzene rings is 3. The molecule has 0 unspecified atom stereocenters. The van der Waals surface area contributed by atoms with Crippen molar-refractivity contribution in [3.05, 3.63) is 95.3 Å². The number of nitrogens with one attached hydrogen (secondary N) is 1. The molecule has 1 amide bonds. The van der Waals surface area contributed by atoms with Crippen molar-refractivity contribution in [3.63, 3.8) is 0 Å². The summed E-state index contributed by atoms with van der Waals surface area (Å²) in [6, 6.07) is 18.7. The Morgan fingerprint density at radius 1 is 1.13 bits per heavy atom. The molecule has 0 fully saturated rings. The molecule has 0 radical (unpaired) electrons. The second-order valence-electron chi connectivity index (χ2n) is 6.33. The molecule has 0 atom stereocenters. The fourth-order valence-electron chi connectivity index (χ4n) is 2.60. The zero-order valence-corrected chi connectivity index (χ0v) is 20.9. The summed E-state index contributed by atoms with van der Waals surface area (Å²) < 4.78 is 21.4.